The van der Waals surface area contributed by atoms with Crippen LogP contribution < -0.4 is 4.74 Å². The van der Waals surface area contributed by atoms with Gasteiger partial charge in [0.25, 0.3) is 7.41 Å². The highest BCUT2D eigenvalue weighted by atomic mass is 16.7. The first-order valence-corrected chi connectivity index (χ1v) is 8.86. The Labute approximate surface area is 153 Å². The molecule has 0 saturated carbocycles. The van der Waals surface area contributed by atoms with Gasteiger partial charge in [0.05, 0.1) is 32.0 Å². The largest absolute Gasteiger partial charge is 0.497 e. The minimum atomic E-state index is -0.281. The number of benzene rings is 1. The Kier molecular flexibility index (Phi) is 4.76. The van der Waals surface area contributed by atoms with Crippen LogP contribution in [0.3, 0.4) is 0 Å². The zero-order valence-electron chi connectivity index (χ0n) is 14.9. The molecule has 2 aliphatic rings. The molecule has 7 heteroatoms. The molecule has 2 unspecified atom stereocenters. The summed E-state index contributed by atoms with van der Waals surface area (Å²) >= 11 is 0. The Morgan fingerprint density at radius 2 is 2.23 bits per heavy atom. The zero-order valence-corrected chi connectivity index (χ0v) is 14.9. The second-order valence-electron chi connectivity index (χ2n) is 6.90. The number of hydrogen-bond acceptors (Lipinski definition) is 6. The van der Waals surface area contributed by atoms with Gasteiger partial charge < -0.3 is 14.3 Å². The van der Waals surface area contributed by atoms with Gasteiger partial charge in [-0.3, -0.25) is 9.82 Å². The van der Waals surface area contributed by atoms with Crippen molar-refractivity contribution in [3.63, 3.8) is 0 Å². The van der Waals surface area contributed by atoms with Crippen LogP contribution in [0, 0.1) is 5.92 Å². The molecule has 2 atom stereocenters. The zero-order chi connectivity index (χ0) is 18.0. The molecule has 0 N–H and O–H groups in total. The third-order valence-electron chi connectivity index (χ3n) is 5.47. The predicted molar refractivity (Wildman–Crippen MR) is 99.4 cm³/mol. The first kappa shape index (κ1) is 17.2. The molecule has 26 heavy (non-hydrogen) atoms. The summed E-state index contributed by atoms with van der Waals surface area (Å²) in [5, 5.41) is 2.08. The van der Waals surface area contributed by atoms with Crippen molar-refractivity contribution in [3.05, 3.63) is 59.9 Å². The number of pyridine rings is 1. The van der Waals surface area contributed by atoms with Gasteiger partial charge in [-0.15, -0.1) is 0 Å². The van der Waals surface area contributed by atoms with E-state index in [-0.39, 0.29) is 5.54 Å². The highest BCUT2D eigenvalue weighted by molar-refractivity contribution is 6.64. The van der Waals surface area contributed by atoms with Gasteiger partial charge in [0.1, 0.15) is 5.75 Å². The highest BCUT2D eigenvalue weighted by Gasteiger charge is 2.56. The summed E-state index contributed by atoms with van der Waals surface area (Å²) in [6.45, 7) is 2.94. The molecule has 0 aliphatic carbocycles. The lowest BCUT2D eigenvalue weighted by Crippen LogP contribution is -2.46. The van der Waals surface area contributed by atoms with E-state index in [0.717, 1.165) is 36.2 Å². The smallest absolute Gasteiger partial charge is 0.281 e. The molecule has 1 aromatic heterocycles. The quantitative estimate of drug-likeness (QED) is 0.576. The van der Waals surface area contributed by atoms with Gasteiger partial charge in [0.15, 0.2) is 0 Å². The monoisotopic (exact) mass is 351 g/mol. The normalized spacial score (nSPS) is 25.8. The van der Waals surface area contributed by atoms with Crippen molar-refractivity contribution in [2.75, 3.05) is 26.8 Å². The fourth-order valence-electron chi connectivity index (χ4n) is 4.18. The van der Waals surface area contributed by atoms with Crippen LogP contribution in [0.1, 0.15) is 11.1 Å². The first-order valence-electron chi connectivity index (χ1n) is 8.86. The van der Waals surface area contributed by atoms with Crippen LogP contribution in [0.15, 0.2) is 48.8 Å². The van der Waals surface area contributed by atoms with Gasteiger partial charge in [-0.25, -0.2) is 0 Å². The van der Waals surface area contributed by atoms with Gasteiger partial charge in [0, 0.05) is 24.9 Å². The summed E-state index contributed by atoms with van der Waals surface area (Å²) in [6.07, 6.45) is 4.69. The number of rotatable bonds is 6. The number of hydroxylamine groups is 2. The molecule has 0 radical (unpaired) electrons. The van der Waals surface area contributed by atoms with E-state index in [1.165, 1.54) is 0 Å². The number of nitrogens with zero attached hydrogens (tertiary/aromatic N) is 3. The fraction of sp³-hybridized carbons (Fsp3) is 0.368. The lowest BCUT2D eigenvalue weighted by atomic mass is 9.82. The molecule has 4 rings (SSSR count). The molecule has 0 amide bonds. The van der Waals surface area contributed by atoms with E-state index in [1.807, 2.05) is 24.4 Å². The summed E-state index contributed by atoms with van der Waals surface area (Å²) in [5.74, 6) is 1.15. The third-order valence-corrected chi connectivity index (χ3v) is 5.47. The van der Waals surface area contributed by atoms with E-state index in [1.54, 1.807) is 13.3 Å². The topological polar surface area (TPSA) is 54.9 Å². The number of methoxy groups -OCH3 is 1. The molecule has 0 bridgehead atoms. The maximum atomic E-state index is 11.0. The Hall–Kier alpha value is -2.22. The molecule has 2 aromatic rings. The van der Waals surface area contributed by atoms with E-state index >= 15 is 0 Å². The van der Waals surface area contributed by atoms with Gasteiger partial charge in [-0.05, 0) is 35.9 Å². The molecule has 2 aliphatic heterocycles. The minimum absolute atomic E-state index is 0.281. The van der Waals surface area contributed by atoms with Gasteiger partial charge in [-0.2, -0.15) is 5.06 Å². The Morgan fingerprint density at radius 3 is 2.92 bits per heavy atom. The lowest BCUT2D eigenvalue weighted by molar-refractivity contribution is -0.175. The predicted octanol–water partition coefficient (Wildman–Crippen LogP) is 1.21. The summed E-state index contributed by atoms with van der Waals surface area (Å²) in [5.41, 5.74) is 2.02. The van der Waals surface area contributed by atoms with Crippen molar-refractivity contribution >= 4 is 13.6 Å². The second-order valence-corrected chi connectivity index (χ2v) is 6.90. The molecule has 6 nitrogen and oxygen atoms in total. The number of hydrogen-bond donors (Lipinski definition) is 0. The van der Waals surface area contributed by atoms with Crippen LogP contribution in [-0.4, -0.2) is 55.3 Å². The van der Waals surface area contributed by atoms with E-state index < -0.39 is 0 Å². The van der Waals surface area contributed by atoms with Crippen LogP contribution >= 0.6 is 0 Å². The molecule has 1 aromatic carbocycles. The molecule has 0 spiro atoms. The number of carbonyl (C=O) groups is 1. The average molecular weight is 351 g/mol. The van der Waals surface area contributed by atoms with Gasteiger partial charge in [0.2, 0.25) is 0 Å². The first-order chi connectivity index (χ1) is 12.8. The Morgan fingerprint density at radius 1 is 1.38 bits per heavy atom. The molecule has 3 heterocycles. The van der Waals surface area contributed by atoms with Crippen molar-refractivity contribution in [3.8, 4) is 5.75 Å². The van der Waals surface area contributed by atoms with E-state index in [9.17, 15) is 4.79 Å². The molecular formula is C19H22BN3O3. The van der Waals surface area contributed by atoms with Gasteiger partial charge >= 0.3 is 0 Å². The van der Waals surface area contributed by atoms with E-state index in [0.29, 0.717) is 26.5 Å². The molecule has 134 valence electrons. The molecular weight excluding hydrogens is 329 g/mol. The third kappa shape index (κ3) is 2.92. The van der Waals surface area contributed by atoms with E-state index in [4.69, 9.17) is 9.57 Å². The minimum Gasteiger partial charge on any atom is -0.497 e. The molecule has 2 fully saturated rings. The van der Waals surface area contributed by atoms with Crippen LogP contribution in [0.25, 0.3) is 0 Å². The fourth-order valence-corrected chi connectivity index (χ4v) is 4.18. The van der Waals surface area contributed by atoms with Crippen LogP contribution in [0.5, 0.6) is 5.75 Å². The molecule has 2 saturated heterocycles. The standard InChI is InChI=1S/C19H22BN3O3/c1-25-18-6-4-15(5-7-18)10-23-19(16-3-2-8-21-9-16)13-22(20-14-24)11-17(19)12-26-23/h2-9,14,17,20H,10-13H2,1H3. The highest BCUT2D eigenvalue weighted by Crippen LogP contribution is 2.47. The van der Waals surface area contributed by atoms with E-state index in [2.05, 4.69) is 33.1 Å². The Balaban J connectivity index is 1.65. The number of carbonyl (C=O) groups excluding carboxylic acids is 1. The Bertz CT molecular complexity index is 758. The summed E-state index contributed by atoms with van der Waals surface area (Å²) in [7, 11) is 2.12. The number of ether oxygens (including phenoxy) is 1. The summed E-state index contributed by atoms with van der Waals surface area (Å²) < 4.78 is 5.25. The average Bonchev–Trinajstić information content (AvgIpc) is 3.21. The number of aromatic nitrogens is 1. The number of fused-ring (bicyclic) bond motifs is 1. The van der Waals surface area contributed by atoms with Crippen molar-refractivity contribution in [1.82, 2.24) is 14.9 Å². The SMILES string of the molecule is COc1ccc(CN2OCC3CN(BC=O)CC32c2cccnc2)cc1. The van der Waals surface area contributed by atoms with Crippen molar-refractivity contribution in [2.24, 2.45) is 5.92 Å². The van der Waals surface area contributed by atoms with Gasteiger partial charge in [-0.1, -0.05) is 18.2 Å². The van der Waals surface area contributed by atoms with Crippen LogP contribution in [0.2, 0.25) is 0 Å². The van der Waals surface area contributed by atoms with Crippen molar-refractivity contribution < 1.29 is 14.4 Å². The second kappa shape index (κ2) is 7.19. The van der Waals surface area contributed by atoms with Crippen molar-refractivity contribution in [2.45, 2.75) is 12.1 Å². The van der Waals surface area contributed by atoms with Crippen LogP contribution in [0.4, 0.5) is 0 Å². The van der Waals surface area contributed by atoms with Crippen LogP contribution in [-0.2, 0) is 21.7 Å². The summed E-state index contributed by atoms with van der Waals surface area (Å²) in [4.78, 5) is 23.7. The lowest BCUT2D eigenvalue weighted by Gasteiger charge is -2.36. The maximum absolute atomic E-state index is 11.0. The maximum Gasteiger partial charge on any atom is 0.281 e. The summed E-state index contributed by atoms with van der Waals surface area (Å²) in [6, 6.07) is 12.1. The van der Waals surface area contributed by atoms with Crippen molar-refractivity contribution in [1.29, 1.82) is 0 Å².